The Hall–Kier alpha value is -1.18. The van der Waals surface area contributed by atoms with Gasteiger partial charge in [-0.3, -0.25) is 4.79 Å². The molecule has 0 aliphatic carbocycles. The molecule has 17 heavy (non-hydrogen) atoms. The van der Waals surface area contributed by atoms with Crippen molar-refractivity contribution in [3.05, 3.63) is 23.5 Å². The highest BCUT2D eigenvalue weighted by atomic mass is 35.5. The summed E-state index contributed by atoms with van der Waals surface area (Å²) in [4.78, 5) is 14.6. The van der Waals surface area contributed by atoms with Crippen molar-refractivity contribution in [3.63, 3.8) is 0 Å². The second-order valence-electron chi connectivity index (χ2n) is 3.62. The van der Waals surface area contributed by atoms with Gasteiger partial charge in [-0.05, 0) is 12.1 Å². The standard InChI is InChI=1S/C9H10ClN3O3S/c10-9-7(2-1-3-11-9)17(15,16)13-6-4-8(14)12-5-6/h1-3,6,13H,4-5H2,(H,12,14). The van der Waals surface area contributed by atoms with E-state index in [4.69, 9.17) is 11.6 Å². The summed E-state index contributed by atoms with van der Waals surface area (Å²) in [6.45, 7) is 0.288. The first-order chi connectivity index (χ1) is 7.99. The molecule has 0 bridgehead atoms. The number of nitrogens with one attached hydrogen (secondary N) is 2. The van der Waals surface area contributed by atoms with Crippen LogP contribution in [-0.4, -0.2) is 31.9 Å². The number of aromatic nitrogens is 1. The van der Waals surface area contributed by atoms with Crippen molar-refractivity contribution < 1.29 is 13.2 Å². The maximum absolute atomic E-state index is 11.9. The van der Waals surface area contributed by atoms with Gasteiger partial charge in [-0.15, -0.1) is 0 Å². The van der Waals surface area contributed by atoms with Crippen LogP contribution in [0, 0.1) is 0 Å². The molecule has 0 radical (unpaired) electrons. The summed E-state index contributed by atoms with van der Waals surface area (Å²) < 4.78 is 26.3. The van der Waals surface area contributed by atoms with Gasteiger partial charge in [0.15, 0.2) is 0 Å². The summed E-state index contributed by atoms with van der Waals surface area (Å²) in [5.74, 6) is -0.171. The van der Waals surface area contributed by atoms with E-state index in [1.807, 2.05) is 0 Å². The number of pyridine rings is 1. The van der Waals surface area contributed by atoms with Crippen LogP contribution in [-0.2, 0) is 14.8 Å². The number of carbonyl (C=O) groups excluding carboxylic acids is 1. The molecule has 2 rings (SSSR count). The van der Waals surface area contributed by atoms with E-state index in [0.717, 1.165) is 0 Å². The van der Waals surface area contributed by atoms with E-state index in [9.17, 15) is 13.2 Å². The summed E-state index contributed by atoms with van der Waals surface area (Å²) in [5.41, 5.74) is 0. The van der Waals surface area contributed by atoms with Crippen molar-refractivity contribution in [2.75, 3.05) is 6.54 Å². The molecule has 1 aromatic heterocycles. The van der Waals surface area contributed by atoms with Gasteiger partial charge in [-0.1, -0.05) is 11.6 Å². The Bertz CT molecular complexity index is 546. The maximum Gasteiger partial charge on any atom is 0.243 e. The van der Waals surface area contributed by atoms with Crippen LogP contribution in [0.1, 0.15) is 6.42 Å². The lowest BCUT2D eigenvalue weighted by Gasteiger charge is -2.11. The Morgan fingerprint density at radius 3 is 2.88 bits per heavy atom. The third-order valence-electron chi connectivity index (χ3n) is 2.31. The number of sulfonamides is 1. The van der Waals surface area contributed by atoms with E-state index in [1.165, 1.54) is 18.3 Å². The van der Waals surface area contributed by atoms with Crippen molar-refractivity contribution in [1.82, 2.24) is 15.0 Å². The molecule has 1 aliphatic rings. The van der Waals surface area contributed by atoms with Crippen molar-refractivity contribution in [3.8, 4) is 0 Å². The fraction of sp³-hybridized carbons (Fsp3) is 0.333. The monoisotopic (exact) mass is 275 g/mol. The van der Waals surface area contributed by atoms with Gasteiger partial charge in [-0.25, -0.2) is 18.1 Å². The molecular formula is C9H10ClN3O3S. The lowest BCUT2D eigenvalue weighted by Crippen LogP contribution is -2.36. The summed E-state index contributed by atoms with van der Waals surface area (Å²) >= 11 is 5.71. The Morgan fingerprint density at radius 1 is 1.53 bits per heavy atom. The van der Waals surface area contributed by atoms with Crippen LogP contribution < -0.4 is 10.0 Å². The summed E-state index contributed by atoms with van der Waals surface area (Å²) in [7, 11) is -3.73. The number of carbonyl (C=O) groups is 1. The first-order valence-electron chi connectivity index (χ1n) is 4.88. The molecule has 1 fully saturated rings. The molecule has 1 unspecified atom stereocenters. The Kier molecular flexibility index (Phi) is 3.32. The van der Waals surface area contributed by atoms with Gasteiger partial charge in [0.05, 0.1) is 0 Å². The number of nitrogens with zero attached hydrogens (tertiary/aromatic N) is 1. The minimum atomic E-state index is -3.73. The molecular weight excluding hydrogens is 266 g/mol. The van der Waals surface area contributed by atoms with Gasteiger partial charge in [0.1, 0.15) is 10.0 Å². The number of halogens is 1. The fourth-order valence-electron chi connectivity index (χ4n) is 1.54. The second-order valence-corrected chi connectivity index (χ2v) is 5.66. The number of hydrogen-bond acceptors (Lipinski definition) is 4. The van der Waals surface area contributed by atoms with Gasteiger partial charge in [0.2, 0.25) is 15.9 Å². The predicted octanol–water partition coefficient (Wildman–Crippen LogP) is -0.0982. The van der Waals surface area contributed by atoms with Crippen LogP contribution in [0.2, 0.25) is 5.15 Å². The minimum Gasteiger partial charge on any atom is -0.354 e. The van der Waals surface area contributed by atoms with Crippen LogP contribution in [0.25, 0.3) is 0 Å². The highest BCUT2D eigenvalue weighted by Crippen LogP contribution is 2.18. The summed E-state index contributed by atoms with van der Waals surface area (Å²) in [6, 6.07) is 2.41. The normalized spacial score (nSPS) is 20.3. The fourth-order valence-corrected chi connectivity index (χ4v) is 3.23. The van der Waals surface area contributed by atoms with Crippen LogP contribution in [0.15, 0.2) is 23.2 Å². The van der Waals surface area contributed by atoms with Crippen LogP contribution in [0.4, 0.5) is 0 Å². The Morgan fingerprint density at radius 2 is 2.29 bits per heavy atom. The zero-order valence-electron chi connectivity index (χ0n) is 8.68. The molecule has 92 valence electrons. The minimum absolute atomic E-state index is 0.0824. The summed E-state index contributed by atoms with van der Waals surface area (Å²) in [5, 5.41) is 2.46. The second kappa shape index (κ2) is 4.59. The Labute approximate surface area is 103 Å². The van der Waals surface area contributed by atoms with Gasteiger partial charge in [0, 0.05) is 25.2 Å². The lowest BCUT2D eigenvalue weighted by atomic mass is 10.3. The van der Waals surface area contributed by atoms with Crippen molar-refractivity contribution >= 4 is 27.5 Å². The molecule has 1 amide bonds. The molecule has 1 aromatic rings. The molecule has 2 N–H and O–H groups in total. The van der Waals surface area contributed by atoms with Crippen LogP contribution in [0.5, 0.6) is 0 Å². The van der Waals surface area contributed by atoms with Gasteiger partial charge in [-0.2, -0.15) is 0 Å². The molecule has 1 saturated heterocycles. The molecule has 2 heterocycles. The highest BCUT2D eigenvalue weighted by molar-refractivity contribution is 7.89. The molecule has 8 heteroatoms. The average Bonchev–Trinajstić information content (AvgIpc) is 2.63. The average molecular weight is 276 g/mol. The third kappa shape index (κ3) is 2.74. The lowest BCUT2D eigenvalue weighted by molar-refractivity contribution is -0.119. The molecule has 0 saturated carbocycles. The van der Waals surface area contributed by atoms with E-state index in [2.05, 4.69) is 15.0 Å². The topological polar surface area (TPSA) is 88.2 Å². The smallest absolute Gasteiger partial charge is 0.243 e. The maximum atomic E-state index is 11.9. The van der Waals surface area contributed by atoms with Crippen molar-refractivity contribution in [1.29, 1.82) is 0 Å². The van der Waals surface area contributed by atoms with Crippen LogP contribution >= 0.6 is 11.6 Å². The summed E-state index contributed by atoms with van der Waals surface area (Å²) in [6.07, 6.45) is 1.54. The zero-order valence-corrected chi connectivity index (χ0v) is 10.3. The number of amides is 1. The van der Waals surface area contributed by atoms with E-state index in [1.54, 1.807) is 0 Å². The zero-order chi connectivity index (χ0) is 12.5. The van der Waals surface area contributed by atoms with E-state index in [-0.39, 0.29) is 28.9 Å². The Balaban J connectivity index is 2.20. The van der Waals surface area contributed by atoms with E-state index >= 15 is 0 Å². The predicted molar refractivity (Wildman–Crippen MR) is 61.0 cm³/mol. The molecule has 1 aliphatic heterocycles. The third-order valence-corrected chi connectivity index (χ3v) is 4.28. The SMILES string of the molecule is O=C1CC(NS(=O)(=O)c2cccnc2Cl)CN1. The van der Waals surface area contributed by atoms with Crippen molar-refractivity contribution in [2.24, 2.45) is 0 Å². The van der Waals surface area contributed by atoms with E-state index in [0.29, 0.717) is 0 Å². The molecule has 6 nitrogen and oxygen atoms in total. The number of hydrogen-bond donors (Lipinski definition) is 2. The first kappa shape index (κ1) is 12.3. The largest absolute Gasteiger partial charge is 0.354 e. The van der Waals surface area contributed by atoms with Gasteiger partial charge in [0.25, 0.3) is 0 Å². The highest BCUT2D eigenvalue weighted by Gasteiger charge is 2.28. The van der Waals surface area contributed by atoms with Gasteiger partial charge >= 0.3 is 0 Å². The molecule has 0 spiro atoms. The number of rotatable bonds is 3. The van der Waals surface area contributed by atoms with Gasteiger partial charge < -0.3 is 5.32 Å². The molecule has 0 aromatic carbocycles. The van der Waals surface area contributed by atoms with E-state index < -0.39 is 16.1 Å². The quantitative estimate of drug-likeness (QED) is 0.754. The van der Waals surface area contributed by atoms with Crippen LogP contribution in [0.3, 0.4) is 0 Å². The van der Waals surface area contributed by atoms with Crippen molar-refractivity contribution in [2.45, 2.75) is 17.4 Å². The molecule has 1 atom stereocenters. The first-order valence-corrected chi connectivity index (χ1v) is 6.75.